The van der Waals surface area contributed by atoms with Gasteiger partial charge in [-0.05, 0) is 63.5 Å². The zero-order valence-electron chi connectivity index (χ0n) is 15.0. The maximum atomic E-state index is 10.3. The molecule has 0 spiro atoms. The smallest absolute Gasteiger partial charge is 0.303 e. The largest absolute Gasteiger partial charge is 0.481 e. The van der Waals surface area contributed by atoms with Gasteiger partial charge in [-0.1, -0.05) is 55.5 Å². The third kappa shape index (κ3) is 19.9. The molecule has 0 aromatic rings. The van der Waals surface area contributed by atoms with Crippen molar-refractivity contribution in [2.75, 3.05) is 0 Å². The van der Waals surface area contributed by atoms with E-state index in [9.17, 15) is 4.79 Å². The SMILES string of the molecule is CC/C=C/CCCCC=C=C/C=C/C/C=C/C/C=C/CCC(=O)O. The molecule has 0 unspecified atom stereocenters. The Hall–Kier alpha value is -2.05. The Morgan fingerprint density at radius 2 is 1.54 bits per heavy atom. The summed E-state index contributed by atoms with van der Waals surface area (Å²) in [4.78, 5) is 10.3. The molecule has 0 radical (unpaired) electrons. The molecule has 0 fully saturated rings. The van der Waals surface area contributed by atoms with E-state index in [1.807, 2.05) is 24.3 Å². The van der Waals surface area contributed by atoms with Crippen LogP contribution < -0.4 is 0 Å². The van der Waals surface area contributed by atoms with Crippen molar-refractivity contribution in [3.63, 3.8) is 0 Å². The molecule has 0 heterocycles. The zero-order chi connectivity index (χ0) is 17.7. The summed E-state index contributed by atoms with van der Waals surface area (Å²) in [5.74, 6) is -0.744. The van der Waals surface area contributed by atoms with Crippen LogP contribution in [-0.2, 0) is 4.79 Å². The summed E-state index contributed by atoms with van der Waals surface area (Å²) in [6, 6.07) is 0. The van der Waals surface area contributed by atoms with Crippen molar-refractivity contribution in [2.45, 2.75) is 64.7 Å². The van der Waals surface area contributed by atoms with Crippen LogP contribution in [0.1, 0.15) is 64.7 Å². The molecule has 0 bridgehead atoms. The zero-order valence-corrected chi connectivity index (χ0v) is 15.0. The van der Waals surface area contributed by atoms with Crippen LogP contribution in [0.5, 0.6) is 0 Å². The van der Waals surface area contributed by atoms with Crippen molar-refractivity contribution >= 4 is 5.97 Å². The fraction of sp³-hybridized carbons (Fsp3) is 0.455. The molecule has 24 heavy (non-hydrogen) atoms. The van der Waals surface area contributed by atoms with Gasteiger partial charge in [0.1, 0.15) is 0 Å². The number of allylic oxidation sites excluding steroid dienone is 9. The molecule has 0 atom stereocenters. The van der Waals surface area contributed by atoms with E-state index in [4.69, 9.17) is 5.11 Å². The first-order chi connectivity index (χ1) is 11.8. The van der Waals surface area contributed by atoms with Gasteiger partial charge in [0.05, 0.1) is 0 Å². The average Bonchev–Trinajstić information content (AvgIpc) is 2.56. The summed E-state index contributed by atoms with van der Waals surface area (Å²) in [5, 5.41) is 8.49. The maximum Gasteiger partial charge on any atom is 0.303 e. The molecule has 0 aliphatic heterocycles. The lowest BCUT2D eigenvalue weighted by Gasteiger charge is -1.91. The van der Waals surface area contributed by atoms with E-state index < -0.39 is 5.97 Å². The number of hydrogen-bond acceptors (Lipinski definition) is 1. The summed E-state index contributed by atoms with van der Waals surface area (Å²) in [6.07, 6.45) is 29.3. The highest BCUT2D eigenvalue weighted by atomic mass is 16.4. The van der Waals surface area contributed by atoms with Gasteiger partial charge in [-0.25, -0.2) is 0 Å². The Kier molecular flexibility index (Phi) is 17.4. The standard InChI is InChI=1S/C22H32O2/c1-2-3-4-5-6-7-8-9-10-11-12-13-14-15-16-17-18-19-20-21-22(23)24/h3-4,9,11-13,15-16,18-19H,2,5-8,14,17,20-21H2,1H3,(H,23,24)/b4-3+,13-12+,16-15+,19-18+. The van der Waals surface area contributed by atoms with Crippen LogP contribution in [0.25, 0.3) is 0 Å². The minimum absolute atomic E-state index is 0.207. The van der Waals surface area contributed by atoms with Crippen LogP contribution >= 0.6 is 0 Å². The number of aliphatic carboxylic acids is 1. The lowest BCUT2D eigenvalue weighted by Crippen LogP contribution is -1.91. The molecule has 0 amide bonds. The van der Waals surface area contributed by atoms with E-state index in [0.29, 0.717) is 6.42 Å². The summed E-state index contributed by atoms with van der Waals surface area (Å²) in [6.45, 7) is 2.16. The Labute approximate surface area is 147 Å². The van der Waals surface area contributed by atoms with E-state index in [1.54, 1.807) is 0 Å². The van der Waals surface area contributed by atoms with E-state index in [1.165, 1.54) is 19.3 Å². The van der Waals surface area contributed by atoms with E-state index in [-0.39, 0.29) is 6.42 Å². The lowest BCUT2D eigenvalue weighted by atomic mass is 10.2. The summed E-state index contributed by atoms with van der Waals surface area (Å²) in [7, 11) is 0. The van der Waals surface area contributed by atoms with Crippen LogP contribution in [-0.4, -0.2) is 11.1 Å². The summed E-state index contributed by atoms with van der Waals surface area (Å²) < 4.78 is 0. The van der Waals surface area contributed by atoms with Crippen LogP contribution in [0.2, 0.25) is 0 Å². The first-order valence-corrected chi connectivity index (χ1v) is 9.00. The number of rotatable bonds is 14. The Morgan fingerprint density at radius 1 is 0.875 bits per heavy atom. The molecule has 0 saturated heterocycles. The molecule has 0 rings (SSSR count). The average molecular weight is 328 g/mol. The second-order valence-electron chi connectivity index (χ2n) is 5.48. The summed E-state index contributed by atoms with van der Waals surface area (Å²) >= 11 is 0. The van der Waals surface area contributed by atoms with Crippen LogP contribution in [0.3, 0.4) is 0 Å². The fourth-order valence-electron chi connectivity index (χ4n) is 1.92. The Bertz CT molecular complexity index is 472. The topological polar surface area (TPSA) is 37.3 Å². The van der Waals surface area contributed by atoms with Crippen LogP contribution in [0, 0.1) is 0 Å². The molecule has 1 N–H and O–H groups in total. The predicted octanol–water partition coefficient (Wildman–Crippen LogP) is 6.54. The van der Waals surface area contributed by atoms with Crippen LogP contribution in [0.4, 0.5) is 0 Å². The maximum absolute atomic E-state index is 10.3. The monoisotopic (exact) mass is 328 g/mol. The van der Waals surface area contributed by atoms with Gasteiger partial charge in [0, 0.05) is 6.42 Å². The van der Waals surface area contributed by atoms with Gasteiger partial charge in [-0.3, -0.25) is 4.79 Å². The fourth-order valence-corrected chi connectivity index (χ4v) is 1.92. The minimum atomic E-state index is -0.744. The molecule has 132 valence electrons. The predicted molar refractivity (Wildman–Crippen MR) is 104 cm³/mol. The van der Waals surface area contributed by atoms with E-state index >= 15 is 0 Å². The number of unbranched alkanes of at least 4 members (excludes halogenated alkanes) is 3. The molecule has 0 aliphatic carbocycles. The normalized spacial score (nSPS) is 11.7. The highest BCUT2D eigenvalue weighted by Crippen LogP contribution is 2.01. The highest BCUT2D eigenvalue weighted by molar-refractivity contribution is 5.66. The number of carbonyl (C=O) groups is 1. The third-order valence-electron chi connectivity index (χ3n) is 3.22. The van der Waals surface area contributed by atoms with Gasteiger partial charge in [-0.2, -0.15) is 0 Å². The third-order valence-corrected chi connectivity index (χ3v) is 3.22. The Morgan fingerprint density at radius 3 is 2.29 bits per heavy atom. The first kappa shape index (κ1) is 21.9. The van der Waals surface area contributed by atoms with Crippen molar-refractivity contribution < 1.29 is 9.90 Å². The van der Waals surface area contributed by atoms with Gasteiger partial charge in [0.15, 0.2) is 0 Å². The molecule has 0 saturated carbocycles. The van der Waals surface area contributed by atoms with Crippen molar-refractivity contribution in [1.29, 1.82) is 0 Å². The second kappa shape index (κ2) is 19.0. The van der Waals surface area contributed by atoms with E-state index in [2.05, 4.69) is 49.1 Å². The van der Waals surface area contributed by atoms with Gasteiger partial charge >= 0.3 is 5.97 Å². The van der Waals surface area contributed by atoms with Crippen molar-refractivity contribution in [2.24, 2.45) is 0 Å². The first-order valence-electron chi connectivity index (χ1n) is 9.00. The Balaban J connectivity index is 3.56. The molecule has 0 aromatic heterocycles. The minimum Gasteiger partial charge on any atom is -0.481 e. The number of carboxylic acids is 1. The van der Waals surface area contributed by atoms with Gasteiger partial charge in [-0.15, -0.1) is 5.73 Å². The van der Waals surface area contributed by atoms with Crippen molar-refractivity contribution in [1.82, 2.24) is 0 Å². The van der Waals surface area contributed by atoms with Gasteiger partial charge in [0.25, 0.3) is 0 Å². The second-order valence-corrected chi connectivity index (χ2v) is 5.48. The molecule has 2 nitrogen and oxygen atoms in total. The van der Waals surface area contributed by atoms with Crippen molar-refractivity contribution in [3.05, 3.63) is 66.5 Å². The van der Waals surface area contributed by atoms with Crippen molar-refractivity contribution in [3.8, 4) is 0 Å². The number of hydrogen-bond donors (Lipinski definition) is 1. The molecule has 0 aliphatic rings. The molecule has 0 aromatic carbocycles. The summed E-state index contributed by atoms with van der Waals surface area (Å²) in [5.41, 5.74) is 3.18. The number of carboxylic acid groups (broad SMARTS) is 1. The highest BCUT2D eigenvalue weighted by Gasteiger charge is 1.90. The van der Waals surface area contributed by atoms with Crippen LogP contribution in [0.15, 0.2) is 66.5 Å². The molecule has 2 heteroatoms. The van der Waals surface area contributed by atoms with Gasteiger partial charge < -0.3 is 5.11 Å². The molecular weight excluding hydrogens is 296 g/mol. The molecular formula is C22H32O2. The van der Waals surface area contributed by atoms with E-state index in [0.717, 1.165) is 25.7 Å². The lowest BCUT2D eigenvalue weighted by molar-refractivity contribution is -0.136. The quantitative estimate of drug-likeness (QED) is 0.170. The van der Waals surface area contributed by atoms with Gasteiger partial charge in [0.2, 0.25) is 0 Å².